The Bertz CT molecular complexity index is 378. The lowest BCUT2D eigenvalue weighted by Crippen LogP contribution is -2.33. The standard InChI is InChI=1S/C11H19N5S/c1-3-9-10(15-12)13-7-14-11(9)16(2)8-4-5-17-6-8/h7-8H,3-6,12H2,1-2H3,(H,13,14,15). The molecule has 0 saturated carbocycles. The van der Waals surface area contributed by atoms with Gasteiger partial charge in [0, 0.05) is 24.4 Å². The van der Waals surface area contributed by atoms with Crippen molar-refractivity contribution >= 4 is 23.4 Å². The number of anilines is 2. The molecule has 6 heteroatoms. The van der Waals surface area contributed by atoms with Crippen LogP contribution in [0.1, 0.15) is 18.9 Å². The molecule has 1 aromatic heterocycles. The zero-order chi connectivity index (χ0) is 12.3. The Balaban J connectivity index is 2.29. The van der Waals surface area contributed by atoms with Crippen LogP contribution in [-0.4, -0.2) is 34.6 Å². The van der Waals surface area contributed by atoms with Gasteiger partial charge >= 0.3 is 0 Å². The van der Waals surface area contributed by atoms with Gasteiger partial charge in [0.05, 0.1) is 0 Å². The van der Waals surface area contributed by atoms with Crippen molar-refractivity contribution in [3.63, 3.8) is 0 Å². The fourth-order valence-corrected chi connectivity index (χ4v) is 3.43. The molecule has 0 amide bonds. The first-order valence-electron chi connectivity index (χ1n) is 5.89. The van der Waals surface area contributed by atoms with Gasteiger partial charge < -0.3 is 10.3 Å². The fraction of sp³-hybridized carbons (Fsp3) is 0.636. The SMILES string of the molecule is CCc1c(NN)ncnc1N(C)C1CCSC1. The minimum absolute atomic E-state index is 0.575. The molecule has 1 unspecified atom stereocenters. The molecule has 0 spiro atoms. The molecule has 0 radical (unpaired) electrons. The summed E-state index contributed by atoms with van der Waals surface area (Å²) in [7, 11) is 2.11. The van der Waals surface area contributed by atoms with E-state index in [1.54, 1.807) is 6.33 Å². The maximum Gasteiger partial charge on any atom is 0.148 e. The Morgan fingerprint density at radius 3 is 3.00 bits per heavy atom. The van der Waals surface area contributed by atoms with Crippen LogP contribution in [0.5, 0.6) is 0 Å². The number of thioether (sulfide) groups is 1. The summed E-state index contributed by atoms with van der Waals surface area (Å²) in [4.78, 5) is 10.8. The van der Waals surface area contributed by atoms with Gasteiger partial charge in [-0.15, -0.1) is 0 Å². The first-order chi connectivity index (χ1) is 8.27. The average molecular weight is 253 g/mol. The summed E-state index contributed by atoms with van der Waals surface area (Å²) in [5, 5.41) is 0. The highest BCUT2D eigenvalue weighted by Crippen LogP contribution is 2.29. The highest BCUT2D eigenvalue weighted by molar-refractivity contribution is 7.99. The van der Waals surface area contributed by atoms with Crippen molar-refractivity contribution in [1.29, 1.82) is 0 Å². The number of rotatable bonds is 4. The van der Waals surface area contributed by atoms with Crippen LogP contribution < -0.4 is 16.2 Å². The van der Waals surface area contributed by atoms with E-state index in [0.29, 0.717) is 6.04 Å². The van der Waals surface area contributed by atoms with Crippen LogP contribution in [0.4, 0.5) is 11.6 Å². The summed E-state index contributed by atoms with van der Waals surface area (Å²) in [6, 6.07) is 0.575. The maximum absolute atomic E-state index is 5.49. The van der Waals surface area contributed by atoms with Gasteiger partial charge in [-0.3, -0.25) is 0 Å². The largest absolute Gasteiger partial charge is 0.355 e. The third-order valence-electron chi connectivity index (χ3n) is 3.20. The van der Waals surface area contributed by atoms with Crippen molar-refractivity contribution in [2.45, 2.75) is 25.8 Å². The van der Waals surface area contributed by atoms with Crippen LogP contribution in [0.25, 0.3) is 0 Å². The zero-order valence-corrected chi connectivity index (χ0v) is 11.1. The van der Waals surface area contributed by atoms with E-state index in [4.69, 9.17) is 5.84 Å². The minimum atomic E-state index is 0.575. The maximum atomic E-state index is 5.49. The molecule has 1 aliphatic heterocycles. The van der Waals surface area contributed by atoms with Crippen molar-refractivity contribution in [3.05, 3.63) is 11.9 Å². The van der Waals surface area contributed by atoms with E-state index in [1.807, 2.05) is 11.8 Å². The van der Waals surface area contributed by atoms with E-state index in [0.717, 1.165) is 23.6 Å². The predicted molar refractivity (Wildman–Crippen MR) is 73.4 cm³/mol. The third-order valence-corrected chi connectivity index (χ3v) is 4.35. The van der Waals surface area contributed by atoms with Crippen molar-refractivity contribution in [3.8, 4) is 0 Å². The first-order valence-corrected chi connectivity index (χ1v) is 7.04. The molecule has 1 aromatic rings. The quantitative estimate of drug-likeness (QED) is 0.622. The Labute approximate surface area is 106 Å². The van der Waals surface area contributed by atoms with Crippen molar-refractivity contribution in [1.82, 2.24) is 9.97 Å². The molecule has 17 heavy (non-hydrogen) atoms. The molecule has 1 fully saturated rings. The summed E-state index contributed by atoms with van der Waals surface area (Å²) in [6.07, 6.45) is 3.67. The second-order valence-corrected chi connectivity index (χ2v) is 5.30. The van der Waals surface area contributed by atoms with Gasteiger partial charge in [0.1, 0.15) is 18.0 Å². The van der Waals surface area contributed by atoms with Crippen LogP contribution >= 0.6 is 11.8 Å². The molecule has 5 nitrogen and oxygen atoms in total. The number of nitrogens with zero attached hydrogens (tertiary/aromatic N) is 3. The molecule has 1 saturated heterocycles. The second kappa shape index (κ2) is 5.55. The summed E-state index contributed by atoms with van der Waals surface area (Å²) >= 11 is 2.00. The van der Waals surface area contributed by atoms with Gasteiger partial charge in [0.2, 0.25) is 0 Å². The minimum Gasteiger partial charge on any atom is -0.355 e. The van der Waals surface area contributed by atoms with E-state index in [-0.39, 0.29) is 0 Å². The van der Waals surface area contributed by atoms with Crippen molar-refractivity contribution < 1.29 is 0 Å². The van der Waals surface area contributed by atoms with Gasteiger partial charge in [-0.1, -0.05) is 6.92 Å². The molecule has 0 aromatic carbocycles. The number of hydrazine groups is 1. The summed E-state index contributed by atoms with van der Waals surface area (Å²) in [6.45, 7) is 2.10. The van der Waals surface area contributed by atoms with Gasteiger partial charge in [0.15, 0.2) is 0 Å². The van der Waals surface area contributed by atoms with Crippen LogP contribution in [0, 0.1) is 0 Å². The molecular formula is C11H19N5S. The number of aromatic nitrogens is 2. The molecule has 94 valence electrons. The highest BCUT2D eigenvalue weighted by atomic mass is 32.2. The molecule has 2 rings (SSSR count). The first kappa shape index (κ1) is 12.4. The average Bonchev–Trinajstić information content (AvgIpc) is 2.90. The van der Waals surface area contributed by atoms with E-state index < -0.39 is 0 Å². The van der Waals surface area contributed by atoms with Crippen molar-refractivity contribution in [2.24, 2.45) is 5.84 Å². The van der Waals surface area contributed by atoms with E-state index >= 15 is 0 Å². The molecular weight excluding hydrogens is 234 g/mol. The number of nitrogens with two attached hydrogens (primary N) is 1. The highest BCUT2D eigenvalue weighted by Gasteiger charge is 2.23. The predicted octanol–water partition coefficient (Wildman–Crippen LogP) is 1.27. The Hall–Kier alpha value is -1.01. The number of hydrogen-bond acceptors (Lipinski definition) is 6. The van der Waals surface area contributed by atoms with Crippen LogP contribution in [0.15, 0.2) is 6.33 Å². The lowest BCUT2D eigenvalue weighted by atomic mass is 10.1. The second-order valence-electron chi connectivity index (χ2n) is 4.15. The van der Waals surface area contributed by atoms with E-state index in [1.165, 1.54) is 17.9 Å². The molecule has 0 aliphatic carbocycles. The van der Waals surface area contributed by atoms with Gasteiger partial charge in [-0.25, -0.2) is 15.8 Å². The number of hydrogen-bond donors (Lipinski definition) is 2. The summed E-state index contributed by atoms with van der Waals surface area (Å²) in [5.41, 5.74) is 3.74. The van der Waals surface area contributed by atoms with Crippen LogP contribution in [0.3, 0.4) is 0 Å². The fourth-order valence-electron chi connectivity index (χ4n) is 2.16. The molecule has 1 atom stereocenters. The van der Waals surface area contributed by atoms with Gasteiger partial charge in [-0.2, -0.15) is 11.8 Å². The Kier molecular flexibility index (Phi) is 4.06. The lowest BCUT2D eigenvalue weighted by Gasteiger charge is -2.27. The third kappa shape index (κ3) is 2.47. The summed E-state index contributed by atoms with van der Waals surface area (Å²) < 4.78 is 0. The zero-order valence-electron chi connectivity index (χ0n) is 10.3. The molecule has 1 aliphatic rings. The molecule has 2 heterocycles. The Morgan fingerprint density at radius 2 is 2.41 bits per heavy atom. The van der Waals surface area contributed by atoms with Crippen LogP contribution in [-0.2, 0) is 6.42 Å². The van der Waals surface area contributed by atoms with Gasteiger partial charge in [0.25, 0.3) is 0 Å². The van der Waals surface area contributed by atoms with Crippen molar-refractivity contribution in [2.75, 3.05) is 28.9 Å². The number of nitrogen functional groups attached to an aromatic ring is 1. The monoisotopic (exact) mass is 253 g/mol. The Morgan fingerprint density at radius 1 is 1.59 bits per heavy atom. The topological polar surface area (TPSA) is 67.1 Å². The lowest BCUT2D eigenvalue weighted by molar-refractivity contribution is 0.686. The number of nitrogens with one attached hydrogen (secondary N) is 1. The normalized spacial score (nSPS) is 19.4. The van der Waals surface area contributed by atoms with E-state index in [9.17, 15) is 0 Å². The molecule has 0 bridgehead atoms. The van der Waals surface area contributed by atoms with Crippen LogP contribution in [0.2, 0.25) is 0 Å². The summed E-state index contributed by atoms with van der Waals surface area (Å²) in [5.74, 6) is 9.64. The molecule has 3 N–H and O–H groups in total. The van der Waals surface area contributed by atoms with Gasteiger partial charge in [-0.05, 0) is 18.6 Å². The smallest absolute Gasteiger partial charge is 0.148 e. The van der Waals surface area contributed by atoms with E-state index in [2.05, 4.69) is 34.3 Å².